The second-order valence-electron chi connectivity index (χ2n) is 6.23. The molecule has 0 atom stereocenters. The number of sulfonamides is 1. The Kier molecular flexibility index (Phi) is 3.69. The summed E-state index contributed by atoms with van der Waals surface area (Å²) in [6.45, 7) is 3.73. The molecule has 0 bridgehead atoms. The topological polar surface area (TPSA) is 102 Å². The highest BCUT2D eigenvalue weighted by molar-refractivity contribution is 7.89. The smallest absolute Gasteiger partial charge is 0.209 e. The van der Waals surface area contributed by atoms with Gasteiger partial charge in [0.05, 0.1) is 11.4 Å². The largest absolute Gasteiger partial charge is 0.346 e. The van der Waals surface area contributed by atoms with Gasteiger partial charge in [0, 0.05) is 22.6 Å². The van der Waals surface area contributed by atoms with Crippen molar-refractivity contribution in [3.63, 3.8) is 0 Å². The lowest BCUT2D eigenvalue weighted by Gasteiger charge is -2.24. The summed E-state index contributed by atoms with van der Waals surface area (Å²) in [6, 6.07) is 9.65. The molecule has 2 heterocycles. The third kappa shape index (κ3) is 3.25. The summed E-state index contributed by atoms with van der Waals surface area (Å²) in [6.07, 6.45) is 3.35. The van der Waals surface area contributed by atoms with E-state index in [1.807, 2.05) is 50.4 Å². The molecule has 0 aliphatic carbocycles. The fraction of sp³-hybridized carbons (Fsp3) is 0.250. The fourth-order valence-corrected chi connectivity index (χ4v) is 3.94. The second kappa shape index (κ2) is 5.43. The third-order valence-corrected chi connectivity index (χ3v) is 4.98. The van der Waals surface area contributed by atoms with Crippen molar-refractivity contribution >= 4 is 21.1 Å². The van der Waals surface area contributed by atoms with Crippen LogP contribution >= 0.6 is 0 Å². The average Bonchev–Trinajstić information content (AvgIpc) is 2.93. The van der Waals surface area contributed by atoms with Gasteiger partial charge >= 0.3 is 0 Å². The molecule has 1 aromatic carbocycles. The van der Waals surface area contributed by atoms with Gasteiger partial charge in [-0.1, -0.05) is 38.1 Å². The maximum atomic E-state index is 11.4. The average molecular weight is 330 g/mol. The molecular weight excluding hydrogens is 312 g/mol. The maximum absolute atomic E-state index is 11.4. The van der Waals surface area contributed by atoms with Gasteiger partial charge in [0.1, 0.15) is 12.0 Å². The summed E-state index contributed by atoms with van der Waals surface area (Å²) >= 11 is 0. The van der Waals surface area contributed by atoms with Crippen molar-refractivity contribution < 1.29 is 8.42 Å². The van der Waals surface area contributed by atoms with Crippen LogP contribution in [0, 0.1) is 0 Å². The van der Waals surface area contributed by atoms with Crippen molar-refractivity contribution in [2.24, 2.45) is 5.14 Å². The molecule has 0 spiro atoms. The van der Waals surface area contributed by atoms with Gasteiger partial charge in [0.2, 0.25) is 10.0 Å². The first kappa shape index (κ1) is 15.6. The van der Waals surface area contributed by atoms with Crippen molar-refractivity contribution in [1.82, 2.24) is 15.0 Å². The molecule has 0 fully saturated rings. The standard InChI is InChI=1S/C16H18N4O2S/c1-16(2,9-23(17,21)22)12-5-3-11(4-6-12)14-13-7-8-18-15(13)20-10-19-14/h3-8,10H,9H2,1-2H3,(H2,17,21,22)(H,18,19,20). The number of aromatic amines is 1. The number of nitrogens with one attached hydrogen (secondary N) is 1. The van der Waals surface area contributed by atoms with Crippen LogP contribution in [0.15, 0.2) is 42.9 Å². The zero-order valence-electron chi connectivity index (χ0n) is 12.9. The van der Waals surface area contributed by atoms with E-state index in [9.17, 15) is 8.42 Å². The highest BCUT2D eigenvalue weighted by Crippen LogP contribution is 2.29. The molecule has 3 rings (SSSR count). The number of primary sulfonamides is 1. The van der Waals surface area contributed by atoms with Gasteiger partial charge in [0.15, 0.2) is 0 Å². The first-order valence-corrected chi connectivity index (χ1v) is 8.87. The summed E-state index contributed by atoms with van der Waals surface area (Å²) in [5.41, 5.74) is 2.93. The van der Waals surface area contributed by atoms with Crippen LogP contribution in [0.1, 0.15) is 19.4 Å². The predicted molar refractivity (Wildman–Crippen MR) is 90.3 cm³/mol. The van der Waals surface area contributed by atoms with Crippen LogP contribution in [0.2, 0.25) is 0 Å². The van der Waals surface area contributed by atoms with Gasteiger partial charge < -0.3 is 4.98 Å². The molecule has 120 valence electrons. The molecule has 0 aliphatic heterocycles. The van der Waals surface area contributed by atoms with Crippen molar-refractivity contribution in [1.29, 1.82) is 0 Å². The van der Waals surface area contributed by atoms with Crippen LogP contribution in [0.3, 0.4) is 0 Å². The van der Waals surface area contributed by atoms with Crippen LogP contribution in [-0.4, -0.2) is 29.1 Å². The van der Waals surface area contributed by atoms with E-state index in [-0.39, 0.29) is 5.75 Å². The molecule has 0 aliphatic rings. The molecule has 0 saturated carbocycles. The number of H-pyrrole nitrogens is 1. The van der Waals surface area contributed by atoms with Crippen molar-refractivity contribution in [3.05, 3.63) is 48.4 Å². The van der Waals surface area contributed by atoms with Crippen LogP contribution in [0.5, 0.6) is 0 Å². The zero-order chi connectivity index (χ0) is 16.7. The summed E-state index contributed by atoms with van der Waals surface area (Å²) in [5, 5.41) is 6.13. The minimum atomic E-state index is -3.54. The van der Waals surface area contributed by atoms with E-state index in [0.717, 1.165) is 27.9 Å². The summed E-state index contributed by atoms with van der Waals surface area (Å²) in [5.74, 6) is -0.102. The van der Waals surface area contributed by atoms with Gasteiger partial charge in [-0.15, -0.1) is 0 Å². The lowest BCUT2D eigenvalue weighted by atomic mass is 9.86. The highest BCUT2D eigenvalue weighted by Gasteiger charge is 2.26. The molecule has 2 aromatic heterocycles. The number of rotatable bonds is 4. The van der Waals surface area contributed by atoms with E-state index < -0.39 is 15.4 Å². The molecule has 0 radical (unpaired) electrons. The minimum absolute atomic E-state index is 0.102. The van der Waals surface area contributed by atoms with E-state index in [4.69, 9.17) is 5.14 Å². The van der Waals surface area contributed by atoms with Crippen LogP contribution in [0.25, 0.3) is 22.3 Å². The molecule has 6 nitrogen and oxygen atoms in total. The lowest BCUT2D eigenvalue weighted by molar-refractivity contribution is 0.549. The van der Waals surface area contributed by atoms with E-state index >= 15 is 0 Å². The van der Waals surface area contributed by atoms with Crippen molar-refractivity contribution in [2.45, 2.75) is 19.3 Å². The number of nitrogens with zero attached hydrogens (tertiary/aromatic N) is 2. The van der Waals surface area contributed by atoms with E-state index in [1.54, 1.807) is 0 Å². The molecule has 7 heteroatoms. The molecule has 0 unspecified atom stereocenters. The van der Waals surface area contributed by atoms with Gasteiger partial charge in [-0.25, -0.2) is 23.5 Å². The Hall–Kier alpha value is -2.25. The first-order valence-electron chi connectivity index (χ1n) is 7.16. The Labute approximate surface area is 134 Å². The number of hydrogen-bond acceptors (Lipinski definition) is 4. The Balaban J connectivity index is 1.98. The fourth-order valence-electron chi connectivity index (χ4n) is 2.77. The molecular formula is C16H18N4O2S. The van der Waals surface area contributed by atoms with Gasteiger partial charge in [-0.3, -0.25) is 0 Å². The number of nitrogens with two attached hydrogens (primary N) is 1. The molecule has 0 saturated heterocycles. The Morgan fingerprint density at radius 3 is 2.48 bits per heavy atom. The Morgan fingerprint density at radius 2 is 1.83 bits per heavy atom. The molecule has 3 N–H and O–H groups in total. The molecule has 0 amide bonds. The number of benzene rings is 1. The van der Waals surface area contributed by atoms with Crippen LogP contribution < -0.4 is 5.14 Å². The summed E-state index contributed by atoms with van der Waals surface area (Å²) < 4.78 is 22.8. The van der Waals surface area contributed by atoms with Gasteiger partial charge in [-0.2, -0.15) is 0 Å². The lowest BCUT2D eigenvalue weighted by Crippen LogP contribution is -2.32. The normalized spacial score (nSPS) is 12.7. The molecule has 3 aromatic rings. The third-order valence-electron chi connectivity index (χ3n) is 3.86. The predicted octanol–water partition coefficient (Wildman–Crippen LogP) is 2.19. The Bertz CT molecular complexity index is 944. The SMILES string of the molecule is CC(C)(CS(N)(=O)=O)c1ccc(-c2ncnc3[nH]ccc23)cc1. The van der Waals surface area contributed by atoms with Crippen molar-refractivity contribution in [3.8, 4) is 11.3 Å². The number of fused-ring (bicyclic) bond motifs is 1. The van der Waals surface area contributed by atoms with Crippen molar-refractivity contribution in [2.75, 3.05) is 5.75 Å². The first-order chi connectivity index (χ1) is 10.8. The highest BCUT2D eigenvalue weighted by atomic mass is 32.2. The molecule has 23 heavy (non-hydrogen) atoms. The van der Waals surface area contributed by atoms with E-state index in [1.165, 1.54) is 6.33 Å². The number of aromatic nitrogens is 3. The quantitative estimate of drug-likeness (QED) is 0.765. The zero-order valence-corrected chi connectivity index (χ0v) is 13.8. The monoisotopic (exact) mass is 330 g/mol. The van der Waals surface area contributed by atoms with Gasteiger partial charge in [0.25, 0.3) is 0 Å². The summed E-state index contributed by atoms with van der Waals surface area (Å²) in [4.78, 5) is 11.6. The van der Waals surface area contributed by atoms with Crippen LogP contribution in [0.4, 0.5) is 0 Å². The minimum Gasteiger partial charge on any atom is -0.346 e. The maximum Gasteiger partial charge on any atom is 0.209 e. The number of hydrogen-bond donors (Lipinski definition) is 2. The van der Waals surface area contributed by atoms with E-state index in [2.05, 4.69) is 15.0 Å². The Morgan fingerprint density at radius 1 is 1.13 bits per heavy atom. The van der Waals surface area contributed by atoms with Crippen LogP contribution in [-0.2, 0) is 15.4 Å². The second-order valence-corrected chi connectivity index (χ2v) is 7.85. The summed E-state index contributed by atoms with van der Waals surface area (Å²) in [7, 11) is -3.54. The van der Waals surface area contributed by atoms with E-state index in [0.29, 0.717) is 0 Å². The van der Waals surface area contributed by atoms with Gasteiger partial charge in [-0.05, 0) is 11.6 Å².